The highest BCUT2D eigenvalue weighted by atomic mass is 79.9. The molecule has 2 rings (SSSR count). The SMILES string of the molecule is COc1ccccc1NC(=O)CNC(=O)Cc1ccc(Br)cc1. The number of nitrogens with one attached hydrogen (secondary N) is 2. The predicted molar refractivity (Wildman–Crippen MR) is 92.5 cm³/mol. The van der Waals surface area contributed by atoms with Crippen LogP contribution in [0.3, 0.4) is 0 Å². The molecule has 2 N–H and O–H groups in total. The van der Waals surface area contributed by atoms with Gasteiger partial charge in [-0.05, 0) is 29.8 Å². The van der Waals surface area contributed by atoms with Crippen LogP contribution in [0.2, 0.25) is 0 Å². The molecule has 0 aliphatic heterocycles. The van der Waals surface area contributed by atoms with E-state index in [4.69, 9.17) is 4.74 Å². The standard InChI is InChI=1S/C17H17BrN2O3/c1-23-15-5-3-2-4-14(15)20-17(22)11-19-16(21)10-12-6-8-13(18)9-7-12/h2-9H,10-11H2,1H3,(H,19,21)(H,20,22). The number of para-hydroxylation sites is 2. The highest BCUT2D eigenvalue weighted by Gasteiger charge is 2.09. The monoisotopic (exact) mass is 376 g/mol. The first-order valence-electron chi connectivity index (χ1n) is 7.02. The molecule has 6 heteroatoms. The Labute approximate surface area is 143 Å². The predicted octanol–water partition coefficient (Wildman–Crippen LogP) is 2.76. The zero-order valence-corrected chi connectivity index (χ0v) is 14.2. The van der Waals surface area contributed by atoms with Crippen molar-refractivity contribution in [3.8, 4) is 5.75 Å². The summed E-state index contributed by atoms with van der Waals surface area (Å²) in [6.07, 6.45) is 0.231. The maximum absolute atomic E-state index is 11.9. The average molecular weight is 377 g/mol. The van der Waals surface area contributed by atoms with Gasteiger partial charge in [-0.1, -0.05) is 40.2 Å². The molecule has 120 valence electrons. The van der Waals surface area contributed by atoms with Gasteiger partial charge in [0.2, 0.25) is 11.8 Å². The van der Waals surface area contributed by atoms with Gasteiger partial charge in [0.15, 0.2) is 0 Å². The molecule has 23 heavy (non-hydrogen) atoms. The van der Waals surface area contributed by atoms with E-state index in [1.54, 1.807) is 18.2 Å². The number of benzene rings is 2. The lowest BCUT2D eigenvalue weighted by Gasteiger charge is -2.10. The smallest absolute Gasteiger partial charge is 0.243 e. The third-order valence-electron chi connectivity index (χ3n) is 3.11. The maximum atomic E-state index is 11.9. The summed E-state index contributed by atoms with van der Waals surface area (Å²) in [5, 5.41) is 5.30. The summed E-state index contributed by atoms with van der Waals surface area (Å²) in [5.41, 5.74) is 1.46. The van der Waals surface area contributed by atoms with E-state index >= 15 is 0 Å². The zero-order valence-electron chi connectivity index (χ0n) is 12.6. The summed E-state index contributed by atoms with van der Waals surface area (Å²) in [6, 6.07) is 14.6. The largest absolute Gasteiger partial charge is 0.495 e. The van der Waals surface area contributed by atoms with Gasteiger partial charge >= 0.3 is 0 Å². The number of rotatable bonds is 6. The summed E-state index contributed by atoms with van der Waals surface area (Å²) < 4.78 is 6.11. The van der Waals surface area contributed by atoms with E-state index in [9.17, 15) is 9.59 Å². The average Bonchev–Trinajstić information content (AvgIpc) is 2.55. The number of amides is 2. The molecule has 0 heterocycles. The van der Waals surface area contributed by atoms with E-state index in [0.717, 1.165) is 10.0 Å². The van der Waals surface area contributed by atoms with Crippen LogP contribution in [-0.4, -0.2) is 25.5 Å². The molecule has 0 atom stereocenters. The van der Waals surface area contributed by atoms with Crippen molar-refractivity contribution in [2.24, 2.45) is 0 Å². The van der Waals surface area contributed by atoms with Gasteiger partial charge in [-0.3, -0.25) is 9.59 Å². The van der Waals surface area contributed by atoms with Crippen LogP contribution < -0.4 is 15.4 Å². The topological polar surface area (TPSA) is 67.4 Å². The molecule has 2 amide bonds. The summed E-state index contributed by atoms with van der Waals surface area (Å²) in [7, 11) is 1.53. The minimum atomic E-state index is -0.307. The number of halogens is 1. The Kier molecular flexibility index (Phi) is 6.17. The second kappa shape index (κ2) is 8.33. The Morgan fingerprint density at radius 3 is 2.43 bits per heavy atom. The third kappa shape index (κ3) is 5.41. The van der Waals surface area contributed by atoms with E-state index in [1.165, 1.54) is 7.11 Å². The summed E-state index contributed by atoms with van der Waals surface area (Å²) in [4.78, 5) is 23.7. The van der Waals surface area contributed by atoms with E-state index in [0.29, 0.717) is 11.4 Å². The van der Waals surface area contributed by atoms with Gasteiger partial charge in [-0.25, -0.2) is 0 Å². The fourth-order valence-electron chi connectivity index (χ4n) is 1.97. The van der Waals surface area contributed by atoms with Crippen molar-refractivity contribution in [3.63, 3.8) is 0 Å². The van der Waals surface area contributed by atoms with Gasteiger partial charge in [0.25, 0.3) is 0 Å². The van der Waals surface area contributed by atoms with E-state index < -0.39 is 0 Å². The fraction of sp³-hybridized carbons (Fsp3) is 0.176. The highest BCUT2D eigenvalue weighted by Crippen LogP contribution is 2.22. The van der Waals surface area contributed by atoms with Crippen molar-refractivity contribution in [1.82, 2.24) is 5.32 Å². The molecular weight excluding hydrogens is 360 g/mol. The fourth-order valence-corrected chi connectivity index (χ4v) is 2.24. The molecule has 2 aromatic rings. The van der Waals surface area contributed by atoms with Crippen LogP contribution in [0.15, 0.2) is 53.0 Å². The lowest BCUT2D eigenvalue weighted by Crippen LogP contribution is -2.33. The first-order valence-corrected chi connectivity index (χ1v) is 7.82. The lowest BCUT2D eigenvalue weighted by atomic mass is 10.1. The Balaban J connectivity index is 1.82. The highest BCUT2D eigenvalue weighted by molar-refractivity contribution is 9.10. The van der Waals surface area contributed by atoms with Crippen LogP contribution in [-0.2, 0) is 16.0 Å². The quantitative estimate of drug-likeness (QED) is 0.814. The minimum absolute atomic E-state index is 0.0899. The van der Waals surface area contributed by atoms with Crippen molar-refractivity contribution >= 4 is 33.4 Å². The van der Waals surface area contributed by atoms with Gasteiger partial charge in [-0.15, -0.1) is 0 Å². The zero-order chi connectivity index (χ0) is 16.7. The van der Waals surface area contributed by atoms with Gasteiger partial charge in [0.1, 0.15) is 5.75 Å². The van der Waals surface area contributed by atoms with E-state index in [2.05, 4.69) is 26.6 Å². The van der Waals surface area contributed by atoms with E-state index in [-0.39, 0.29) is 24.8 Å². The number of methoxy groups -OCH3 is 1. The van der Waals surface area contributed by atoms with E-state index in [1.807, 2.05) is 30.3 Å². The second-order valence-corrected chi connectivity index (χ2v) is 5.74. The molecule has 0 aliphatic carbocycles. The molecule has 0 aromatic heterocycles. The van der Waals surface area contributed by atoms with Gasteiger partial charge in [0.05, 0.1) is 25.8 Å². The summed E-state index contributed by atoms with van der Waals surface area (Å²) in [5.74, 6) is 0.0585. The Hall–Kier alpha value is -2.34. The van der Waals surface area contributed by atoms with Crippen molar-refractivity contribution in [2.45, 2.75) is 6.42 Å². The number of carbonyl (C=O) groups is 2. The number of carbonyl (C=O) groups excluding carboxylic acids is 2. The van der Waals surface area contributed by atoms with Crippen LogP contribution in [0.25, 0.3) is 0 Å². The summed E-state index contributed by atoms with van der Waals surface area (Å²) >= 11 is 3.34. The van der Waals surface area contributed by atoms with Gasteiger partial charge in [0, 0.05) is 4.47 Å². The maximum Gasteiger partial charge on any atom is 0.243 e. The lowest BCUT2D eigenvalue weighted by molar-refractivity contribution is -0.123. The summed E-state index contributed by atoms with van der Waals surface area (Å²) in [6.45, 7) is -0.0899. The molecule has 0 bridgehead atoms. The number of hydrogen-bond donors (Lipinski definition) is 2. The van der Waals surface area contributed by atoms with Crippen LogP contribution in [0.1, 0.15) is 5.56 Å². The van der Waals surface area contributed by atoms with Crippen LogP contribution >= 0.6 is 15.9 Å². The number of anilines is 1. The molecule has 0 unspecified atom stereocenters. The van der Waals surface area contributed by atoms with Crippen molar-refractivity contribution in [2.75, 3.05) is 19.0 Å². The Morgan fingerprint density at radius 2 is 1.74 bits per heavy atom. The third-order valence-corrected chi connectivity index (χ3v) is 3.63. The molecular formula is C17H17BrN2O3. The Bertz CT molecular complexity index is 686. The molecule has 0 saturated heterocycles. The molecule has 0 radical (unpaired) electrons. The molecule has 0 saturated carbocycles. The van der Waals surface area contributed by atoms with Crippen molar-refractivity contribution in [3.05, 3.63) is 58.6 Å². The molecule has 0 fully saturated rings. The van der Waals surface area contributed by atoms with Gasteiger partial charge < -0.3 is 15.4 Å². The normalized spacial score (nSPS) is 10.0. The van der Waals surface area contributed by atoms with Crippen LogP contribution in [0.4, 0.5) is 5.69 Å². The Morgan fingerprint density at radius 1 is 1.04 bits per heavy atom. The first kappa shape index (κ1) is 17.0. The van der Waals surface area contributed by atoms with Crippen LogP contribution in [0, 0.1) is 0 Å². The second-order valence-electron chi connectivity index (χ2n) is 4.83. The number of hydrogen-bond acceptors (Lipinski definition) is 3. The molecule has 5 nitrogen and oxygen atoms in total. The minimum Gasteiger partial charge on any atom is -0.495 e. The molecule has 0 aliphatic rings. The first-order chi connectivity index (χ1) is 11.1. The molecule has 0 spiro atoms. The molecule has 2 aromatic carbocycles. The van der Waals surface area contributed by atoms with Gasteiger partial charge in [-0.2, -0.15) is 0 Å². The van der Waals surface area contributed by atoms with Crippen molar-refractivity contribution in [1.29, 1.82) is 0 Å². The van der Waals surface area contributed by atoms with Crippen molar-refractivity contribution < 1.29 is 14.3 Å². The number of ether oxygens (including phenoxy) is 1. The van der Waals surface area contributed by atoms with Crippen LogP contribution in [0.5, 0.6) is 5.75 Å².